The van der Waals surface area contributed by atoms with Crippen LogP contribution >= 0.6 is 0 Å². The van der Waals surface area contributed by atoms with Crippen molar-refractivity contribution in [1.29, 1.82) is 0 Å². The third-order valence-electron chi connectivity index (χ3n) is 6.54. The average molecular weight is 543 g/mol. The number of carbonyl (C=O) groups excluding carboxylic acids is 3. The van der Waals surface area contributed by atoms with Gasteiger partial charge in [-0.25, -0.2) is 4.39 Å². The Morgan fingerprint density at radius 3 is 1.87 bits per heavy atom. The number of hydrogen-bond donors (Lipinski definition) is 3. The van der Waals surface area contributed by atoms with Crippen LogP contribution in [0.1, 0.15) is 83.6 Å². The second-order valence-corrected chi connectivity index (χ2v) is 10.5. The number of nitrogens with zero attached hydrogens (tertiary/aromatic N) is 2. The Kier molecular flexibility index (Phi) is 12.5. The number of aliphatic hydroxyl groups excluding tert-OH is 1. The van der Waals surface area contributed by atoms with E-state index in [-0.39, 0.29) is 40.9 Å². The molecule has 0 aliphatic carbocycles. The zero-order chi connectivity index (χ0) is 29.1. The van der Waals surface area contributed by atoms with Crippen LogP contribution in [0.25, 0.3) is 0 Å². The molecule has 2 aromatic carbocycles. The maximum absolute atomic E-state index is 13.7. The third kappa shape index (κ3) is 9.75. The lowest BCUT2D eigenvalue weighted by molar-refractivity contribution is 0.0563. The van der Waals surface area contributed by atoms with Gasteiger partial charge in [0, 0.05) is 48.9 Å². The lowest BCUT2D eigenvalue weighted by Crippen LogP contribution is -2.47. The highest BCUT2D eigenvalue weighted by Gasteiger charge is 2.26. The molecule has 0 heterocycles. The summed E-state index contributed by atoms with van der Waals surface area (Å²) in [6, 6.07) is 9.48. The van der Waals surface area contributed by atoms with Crippen LogP contribution < -0.4 is 11.5 Å². The van der Waals surface area contributed by atoms with Gasteiger partial charge in [0.1, 0.15) is 5.82 Å². The molecule has 214 valence electrons. The van der Waals surface area contributed by atoms with Gasteiger partial charge in [0.15, 0.2) is 0 Å². The van der Waals surface area contributed by atoms with Crippen molar-refractivity contribution in [1.82, 2.24) is 9.80 Å². The second-order valence-electron chi connectivity index (χ2n) is 10.5. The van der Waals surface area contributed by atoms with Crippen LogP contribution in [0, 0.1) is 11.7 Å². The molecule has 0 radical (unpaired) electrons. The molecule has 0 saturated heterocycles. The molecule has 0 unspecified atom stereocenters. The van der Waals surface area contributed by atoms with E-state index in [1.807, 2.05) is 27.7 Å². The van der Waals surface area contributed by atoms with Gasteiger partial charge in [-0.1, -0.05) is 39.8 Å². The molecular formula is C30H43FN4O4. The van der Waals surface area contributed by atoms with Crippen LogP contribution in [0.2, 0.25) is 0 Å². The first-order valence-corrected chi connectivity index (χ1v) is 13.7. The van der Waals surface area contributed by atoms with Gasteiger partial charge in [0.25, 0.3) is 11.8 Å². The summed E-state index contributed by atoms with van der Waals surface area (Å²) >= 11 is 0. The molecule has 2 atom stereocenters. The standard InChI is InChI=1S/C30H43FN4O4/c1-5-12-34(13-6-2)29(38)23-16-22(28(33)37)17-24(18-23)30(39)35(14-11-20(3)4)19-27(36)26(32)15-21-7-9-25(31)10-8-21/h7-10,16-18,20,26-27,36H,5-6,11-15,19,32H2,1-4H3,(H2,33,37)/t26-,27+/m0/s1. The summed E-state index contributed by atoms with van der Waals surface area (Å²) in [5, 5.41) is 10.9. The number of halogens is 1. The molecule has 9 heteroatoms. The van der Waals surface area contributed by atoms with Gasteiger partial charge in [-0.15, -0.1) is 0 Å². The zero-order valence-electron chi connectivity index (χ0n) is 23.5. The quantitative estimate of drug-likeness (QED) is 0.317. The minimum absolute atomic E-state index is 0.0458. The van der Waals surface area contributed by atoms with Crippen LogP contribution in [-0.4, -0.2) is 71.0 Å². The summed E-state index contributed by atoms with van der Waals surface area (Å²) in [7, 11) is 0. The first kappa shape index (κ1) is 31.9. The van der Waals surface area contributed by atoms with Gasteiger partial charge in [-0.05, 0) is 67.5 Å². The highest BCUT2D eigenvalue weighted by molar-refractivity contribution is 6.04. The van der Waals surface area contributed by atoms with Crippen molar-refractivity contribution in [2.24, 2.45) is 17.4 Å². The third-order valence-corrected chi connectivity index (χ3v) is 6.54. The Morgan fingerprint density at radius 2 is 1.38 bits per heavy atom. The number of nitrogens with two attached hydrogens (primary N) is 2. The van der Waals surface area contributed by atoms with Crippen LogP contribution in [0.4, 0.5) is 4.39 Å². The normalized spacial score (nSPS) is 12.7. The minimum atomic E-state index is -1.06. The highest BCUT2D eigenvalue weighted by atomic mass is 19.1. The summed E-state index contributed by atoms with van der Waals surface area (Å²) in [4.78, 5) is 42.3. The summed E-state index contributed by atoms with van der Waals surface area (Å²) in [6.07, 6.45) is 1.45. The van der Waals surface area contributed by atoms with Crippen LogP contribution in [0.3, 0.4) is 0 Å². The largest absolute Gasteiger partial charge is 0.390 e. The van der Waals surface area contributed by atoms with Gasteiger partial charge < -0.3 is 26.4 Å². The average Bonchev–Trinajstić information content (AvgIpc) is 2.90. The van der Waals surface area contributed by atoms with E-state index in [4.69, 9.17) is 11.5 Å². The predicted molar refractivity (Wildman–Crippen MR) is 151 cm³/mol. The molecule has 39 heavy (non-hydrogen) atoms. The van der Waals surface area contributed by atoms with E-state index in [1.54, 1.807) is 17.0 Å². The summed E-state index contributed by atoms with van der Waals surface area (Å²) in [5.41, 5.74) is 13.0. The molecular weight excluding hydrogens is 499 g/mol. The molecule has 0 spiro atoms. The molecule has 0 aliphatic heterocycles. The Balaban J connectivity index is 2.35. The Morgan fingerprint density at radius 1 is 0.872 bits per heavy atom. The summed E-state index contributed by atoms with van der Waals surface area (Å²) in [6.45, 7) is 9.41. The van der Waals surface area contributed by atoms with E-state index in [2.05, 4.69) is 0 Å². The first-order valence-electron chi connectivity index (χ1n) is 13.7. The van der Waals surface area contributed by atoms with Gasteiger partial charge in [0.2, 0.25) is 5.91 Å². The first-order chi connectivity index (χ1) is 18.5. The Bertz CT molecular complexity index is 1100. The molecule has 5 N–H and O–H groups in total. The van der Waals surface area contributed by atoms with E-state index in [0.29, 0.717) is 32.5 Å². The SMILES string of the molecule is CCCN(CCC)C(=O)c1cc(C(N)=O)cc(C(=O)N(CCC(C)C)C[C@@H](O)[C@@H](N)Cc2ccc(F)cc2)c1. The number of aliphatic hydroxyl groups is 1. The van der Waals surface area contributed by atoms with Gasteiger partial charge in [-0.3, -0.25) is 14.4 Å². The van der Waals surface area contributed by atoms with Crippen LogP contribution in [0.15, 0.2) is 42.5 Å². The van der Waals surface area contributed by atoms with E-state index in [0.717, 1.165) is 18.4 Å². The van der Waals surface area contributed by atoms with Crippen molar-refractivity contribution in [2.75, 3.05) is 26.2 Å². The van der Waals surface area contributed by atoms with Crippen LogP contribution in [-0.2, 0) is 6.42 Å². The fraction of sp³-hybridized carbons (Fsp3) is 0.500. The number of amides is 3. The molecule has 0 aliphatic rings. The van der Waals surface area contributed by atoms with E-state index < -0.39 is 24.0 Å². The minimum Gasteiger partial charge on any atom is -0.390 e. The molecule has 2 aromatic rings. The number of benzene rings is 2. The zero-order valence-corrected chi connectivity index (χ0v) is 23.5. The smallest absolute Gasteiger partial charge is 0.253 e. The number of carbonyl (C=O) groups is 3. The molecule has 0 saturated carbocycles. The van der Waals surface area contributed by atoms with E-state index in [9.17, 15) is 23.9 Å². The van der Waals surface area contributed by atoms with Gasteiger partial charge in [-0.2, -0.15) is 0 Å². The van der Waals surface area contributed by atoms with Crippen molar-refractivity contribution < 1.29 is 23.9 Å². The fourth-order valence-electron chi connectivity index (χ4n) is 4.32. The Hall–Kier alpha value is -3.30. The number of hydrogen-bond acceptors (Lipinski definition) is 5. The molecule has 0 bridgehead atoms. The van der Waals surface area contributed by atoms with Crippen molar-refractivity contribution in [2.45, 2.75) is 65.5 Å². The lowest BCUT2D eigenvalue weighted by atomic mass is 10.00. The molecule has 8 nitrogen and oxygen atoms in total. The van der Waals surface area contributed by atoms with Crippen LogP contribution in [0.5, 0.6) is 0 Å². The van der Waals surface area contributed by atoms with Gasteiger partial charge >= 0.3 is 0 Å². The summed E-state index contributed by atoms with van der Waals surface area (Å²) in [5.74, 6) is -1.52. The number of primary amides is 1. The van der Waals surface area contributed by atoms with Crippen molar-refractivity contribution in [3.05, 3.63) is 70.5 Å². The van der Waals surface area contributed by atoms with Crippen molar-refractivity contribution >= 4 is 17.7 Å². The maximum atomic E-state index is 13.7. The molecule has 3 amide bonds. The van der Waals surface area contributed by atoms with E-state index in [1.165, 1.54) is 35.2 Å². The summed E-state index contributed by atoms with van der Waals surface area (Å²) < 4.78 is 13.3. The molecule has 0 fully saturated rings. The topological polar surface area (TPSA) is 130 Å². The maximum Gasteiger partial charge on any atom is 0.253 e. The van der Waals surface area contributed by atoms with E-state index >= 15 is 0 Å². The van der Waals surface area contributed by atoms with Crippen molar-refractivity contribution in [3.63, 3.8) is 0 Å². The fourth-order valence-corrected chi connectivity index (χ4v) is 4.32. The monoisotopic (exact) mass is 542 g/mol. The second kappa shape index (κ2) is 15.3. The van der Waals surface area contributed by atoms with Crippen molar-refractivity contribution in [3.8, 4) is 0 Å². The molecule has 0 aromatic heterocycles. The lowest BCUT2D eigenvalue weighted by Gasteiger charge is -2.29. The predicted octanol–water partition coefficient (Wildman–Crippen LogP) is 3.61. The number of rotatable bonds is 15. The molecule has 2 rings (SSSR count). The Labute approximate surface area is 231 Å². The highest BCUT2D eigenvalue weighted by Crippen LogP contribution is 2.18. The van der Waals surface area contributed by atoms with Gasteiger partial charge in [0.05, 0.1) is 6.10 Å².